The van der Waals surface area contributed by atoms with Crippen LogP contribution in [0.15, 0.2) is 18.3 Å². The third kappa shape index (κ3) is 1.80. The van der Waals surface area contributed by atoms with Crippen molar-refractivity contribution in [3.05, 3.63) is 23.4 Å². The molecule has 2 rings (SSSR count). The first-order valence-electron chi connectivity index (χ1n) is 4.32. The molecular weight excluding hydrogens is 204 g/mol. The number of carbonyl (C=O) groups excluding carboxylic acids is 1. The Morgan fingerprint density at radius 1 is 1.64 bits per heavy atom. The summed E-state index contributed by atoms with van der Waals surface area (Å²) >= 11 is 5.83. The van der Waals surface area contributed by atoms with E-state index in [-0.39, 0.29) is 5.91 Å². The molecule has 1 saturated heterocycles. The molecular formula is C9H9ClN2O2. The molecule has 5 heteroatoms. The van der Waals surface area contributed by atoms with Crippen LogP contribution in [0.25, 0.3) is 0 Å². The number of ether oxygens (including phenoxy) is 1. The van der Waals surface area contributed by atoms with E-state index in [1.54, 1.807) is 18.3 Å². The second kappa shape index (κ2) is 3.84. The number of hydrogen-bond acceptors (Lipinski definition) is 3. The van der Waals surface area contributed by atoms with Crippen molar-refractivity contribution in [2.75, 3.05) is 6.54 Å². The molecule has 1 aliphatic heterocycles. The van der Waals surface area contributed by atoms with Crippen LogP contribution in [0.1, 0.15) is 6.42 Å². The summed E-state index contributed by atoms with van der Waals surface area (Å²) in [5.41, 5.74) is 0. The van der Waals surface area contributed by atoms with Crippen molar-refractivity contribution < 1.29 is 9.53 Å². The van der Waals surface area contributed by atoms with E-state index in [2.05, 4.69) is 10.3 Å². The fraction of sp³-hybridized carbons (Fsp3) is 0.333. The van der Waals surface area contributed by atoms with Gasteiger partial charge in [-0.2, -0.15) is 0 Å². The molecule has 0 spiro atoms. The van der Waals surface area contributed by atoms with Crippen molar-refractivity contribution in [2.24, 2.45) is 0 Å². The molecule has 1 amide bonds. The van der Waals surface area contributed by atoms with Crippen molar-refractivity contribution >= 4 is 17.5 Å². The van der Waals surface area contributed by atoms with Crippen molar-refractivity contribution in [3.8, 4) is 5.88 Å². The van der Waals surface area contributed by atoms with Gasteiger partial charge in [-0.25, -0.2) is 4.98 Å². The second-order valence-electron chi connectivity index (χ2n) is 2.98. The minimum atomic E-state index is -0.456. The van der Waals surface area contributed by atoms with Gasteiger partial charge in [-0.05, 0) is 12.1 Å². The van der Waals surface area contributed by atoms with E-state index in [0.29, 0.717) is 23.9 Å². The first-order chi connectivity index (χ1) is 6.77. The zero-order valence-electron chi connectivity index (χ0n) is 7.37. The molecule has 1 fully saturated rings. The van der Waals surface area contributed by atoms with Crippen molar-refractivity contribution in [1.82, 2.24) is 10.3 Å². The number of aromatic nitrogens is 1. The minimum absolute atomic E-state index is 0.105. The Hall–Kier alpha value is -1.29. The Kier molecular flexibility index (Phi) is 2.54. The molecule has 0 bridgehead atoms. The maximum absolute atomic E-state index is 11.2. The number of nitrogens with one attached hydrogen (secondary N) is 1. The summed E-state index contributed by atoms with van der Waals surface area (Å²) in [6.07, 6.45) is 1.78. The first-order valence-corrected chi connectivity index (χ1v) is 4.70. The predicted octanol–water partition coefficient (Wildman–Crippen LogP) is 1.00. The average molecular weight is 213 g/mol. The third-order valence-electron chi connectivity index (χ3n) is 1.98. The molecule has 14 heavy (non-hydrogen) atoms. The van der Waals surface area contributed by atoms with E-state index in [9.17, 15) is 4.79 Å². The highest BCUT2D eigenvalue weighted by molar-refractivity contribution is 6.31. The Balaban J connectivity index is 2.10. The molecule has 1 aliphatic rings. The van der Waals surface area contributed by atoms with Crippen LogP contribution in [0.2, 0.25) is 5.02 Å². The van der Waals surface area contributed by atoms with Crippen LogP contribution in [-0.2, 0) is 4.79 Å². The molecule has 1 aromatic heterocycles. The standard InChI is InChI=1S/C9H9ClN2O2/c10-6-2-1-4-12-9(6)14-7-3-5-11-8(7)13/h1-2,4,7H,3,5H2,(H,11,13). The van der Waals surface area contributed by atoms with E-state index in [4.69, 9.17) is 16.3 Å². The van der Waals surface area contributed by atoms with E-state index in [0.717, 1.165) is 0 Å². The average Bonchev–Trinajstić information content (AvgIpc) is 2.56. The van der Waals surface area contributed by atoms with Gasteiger partial charge in [0.2, 0.25) is 5.88 Å². The molecule has 0 saturated carbocycles. The lowest BCUT2D eigenvalue weighted by Gasteiger charge is -2.10. The smallest absolute Gasteiger partial charge is 0.261 e. The summed E-state index contributed by atoms with van der Waals surface area (Å²) in [6.45, 7) is 0.647. The van der Waals surface area contributed by atoms with E-state index in [1.165, 1.54) is 0 Å². The molecule has 1 atom stereocenters. The van der Waals surface area contributed by atoms with Crippen molar-refractivity contribution in [3.63, 3.8) is 0 Å². The monoisotopic (exact) mass is 212 g/mol. The Morgan fingerprint density at radius 2 is 2.50 bits per heavy atom. The largest absolute Gasteiger partial charge is 0.463 e. The zero-order chi connectivity index (χ0) is 9.97. The number of pyridine rings is 1. The SMILES string of the molecule is O=C1NCCC1Oc1ncccc1Cl. The fourth-order valence-corrected chi connectivity index (χ4v) is 1.44. The Labute approximate surface area is 86.2 Å². The summed E-state index contributed by atoms with van der Waals surface area (Å²) in [4.78, 5) is 15.1. The summed E-state index contributed by atoms with van der Waals surface area (Å²) in [5.74, 6) is 0.211. The van der Waals surface area contributed by atoms with Gasteiger partial charge in [0.25, 0.3) is 5.91 Å². The first kappa shape index (κ1) is 9.27. The molecule has 2 heterocycles. The van der Waals surface area contributed by atoms with Gasteiger partial charge in [-0.3, -0.25) is 4.79 Å². The normalized spacial score (nSPS) is 20.6. The van der Waals surface area contributed by atoms with Gasteiger partial charge < -0.3 is 10.1 Å². The summed E-state index contributed by atoms with van der Waals surface area (Å²) in [5, 5.41) is 3.10. The molecule has 0 radical (unpaired) electrons. The highest BCUT2D eigenvalue weighted by Gasteiger charge is 2.26. The molecule has 0 aromatic carbocycles. The maximum atomic E-state index is 11.2. The predicted molar refractivity (Wildman–Crippen MR) is 51.3 cm³/mol. The van der Waals surface area contributed by atoms with Gasteiger partial charge in [-0.1, -0.05) is 11.6 Å². The van der Waals surface area contributed by atoms with Gasteiger partial charge in [0.15, 0.2) is 6.10 Å². The third-order valence-corrected chi connectivity index (χ3v) is 2.26. The van der Waals surface area contributed by atoms with Crippen molar-refractivity contribution in [1.29, 1.82) is 0 Å². The van der Waals surface area contributed by atoms with Crippen LogP contribution in [0.5, 0.6) is 5.88 Å². The minimum Gasteiger partial charge on any atom is -0.463 e. The lowest BCUT2D eigenvalue weighted by molar-refractivity contribution is -0.125. The molecule has 1 aromatic rings. The zero-order valence-corrected chi connectivity index (χ0v) is 8.12. The van der Waals surface area contributed by atoms with Crippen LogP contribution < -0.4 is 10.1 Å². The van der Waals surface area contributed by atoms with Crippen molar-refractivity contribution in [2.45, 2.75) is 12.5 Å². The Morgan fingerprint density at radius 3 is 3.14 bits per heavy atom. The summed E-state index contributed by atoms with van der Waals surface area (Å²) < 4.78 is 5.36. The van der Waals surface area contributed by atoms with Gasteiger partial charge in [0, 0.05) is 19.2 Å². The number of nitrogens with zero attached hydrogens (tertiary/aromatic N) is 1. The van der Waals surface area contributed by atoms with Crippen LogP contribution in [-0.4, -0.2) is 23.5 Å². The number of amides is 1. The molecule has 74 valence electrons. The molecule has 1 unspecified atom stereocenters. The molecule has 0 aliphatic carbocycles. The van der Waals surface area contributed by atoms with Gasteiger partial charge >= 0.3 is 0 Å². The fourth-order valence-electron chi connectivity index (χ4n) is 1.28. The van der Waals surface area contributed by atoms with Gasteiger partial charge in [0.1, 0.15) is 5.02 Å². The lowest BCUT2D eigenvalue weighted by Crippen LogP contribution is -2.28. The summed E-state index contributed by atoms with van der Waals surface area (Å²) in [7, 11) is 0. The Bertz CT molecular complexity index is 356. The van der Waals surface area contributed by atoms with E-state index in [1.807, 2.05) is 0 Å². The summed E-state index contributed by atoms with van der Waals surface area (Å²) in [6, 6.07) is 3.39. The number of halogens is 1. The van der Waals surface area contributed by atoms with E-state index < -0.39 is 6.10 Å². The highest BCUT2D eigenvalue weighted by atomic mass is 35.5. The topological polar surface area (TPSA) is 51.2 Å². The van der Waals surface area contributed by atoms with Crippen LogP contribution >= 0.6 is 11.6 Å². The van der Waals surface area contributed by atoms with Crippen LogP contribution in [0.4, 0.5) is 0 Å². The van der Waals surface area contributed by atoms with Gasteiger partial charge in [-0.15, -0.1) is 0 Å². The highest BCUT2D eigenvalue weighted by Crippen LogP contribution is 2.22. The maximum Gasteiger partial charge on any atom is 0.261 e. The van der Waals surface area contributed by atoms with Crippen LogP contribution in [0, 0.1) is 0 Å². The number of rotatable bonds is 2. The van der Waals surface area contributed by atoms with Gasteiger partial charge in [0.05, 0.1) is 0 Å². The van der Waals surface area contributed by atoms with E-state index >= 15 is 0 Å². The number of carbonyl (C=O) groups is 1. The second-order valence-corrected chi connectivity index (χ2v) is 3.38. The molecule has 1 N–H and O–H groups in total. The number of hydrogen-bond donors (Lipinski definition) is 1. The lowest BCUT2D eigenvalue weighted by atomic mass is 10.3. The van der Waals surface area contributed by atoms with Crippen LogP contribution in [0.3, 0.4) is 0 Å². The molecule has 4 nitrogen and oxygen atoms in total. The quantitative estimate of drug-likeness (QED) is 0.796.